The summed E-state index contributed by atoms with van der Waals surface area (Å²) < 4.78 is 25.0. The molecule has 0 aliphatic heterocycles. The van der Waals surface area contributed by atoms with E-state index in [9.17, 15) is 18.3 Å². The van der Waals surface area contributed by atoms with E-state index in [4.69, 9.17) is 0 Å². The summed E-state index contributed by atoms with van der Waals surface area (Å²) in [5.74, 6) is -0.632. The van der Waals surface area contributed by atoms with E-state index in [0.717, 1.165) is 18.4 Å². The Bertz CT molecular complexity index is 778. The van der Waals surface area contributed by atoms with Gasteiger partial charge in [-0.05, 0) is 54.6 Å². The van der Waals surface area contributed by atoms with Crippen LogP contribution in [0.2, 0.25) is 0 Å². The van der Waals surface area contributed by atoms with Gasteiger partial charge in [0.1, 0.15) is 11.5 Å². The van der Waals surface area contributed by atoms with E-state index >= 15 is 0 Å². The minimum atomic E-state index is -3.62. The van der Waals surface area contributed by atoms with Crippen molar-refractivity contribution in [2.75, 3.05) is 5.75 Å². The quantitative estimate of drug-likeness (QED) is 0.871. The molecule has 2 aliphatic rings. The van der Waals surface area contributed by atoms with Crippen LogP contribution in [0.15, 0.2) is 29.2 Å². The van der Waals surface area contributed by atoms with E-state index < -0.39 is 21.7 Å². The van der Waals surface area contributed by atoms with E-state index in [1.54, 1.807) is 24.3 Å². The van der Waals surface area contributed by atoms with Crippen LogP contribution in [0, 0.1) is 29.6 Å². The summed E-state index contributed by atoms with van der Waals surface area (Å²) in [6.07, 6.45) is 1.59. The van der Waals surface area contributed by atoms with Crippen molar-refractivity contribution < 1.29 is 18.3 Å². The molecular weight excluding hydrogens is 336 g/mol. The van der Waals surface area contributed by atoms with Gasteiger partial charge in [0.25, 0.3) is 0 Å². The molecule has 0 amide bonds. The average Bonchev–Trinajstić information content (AvgIpc) is 2.81. The summed E-state index contributed by atoms with van der Waals surface area (Å²) in [7, 11) is -3.62. The van der Waals surface area contributed by atoms with Crippen molar-refractivity contribution in [1.29, 1.82) is 0 Å². The van der Waals surface area contributed by atoms with Gasteiger partial charge in [-0.2, -0.15) is 0 Å². The van der Waals surface area contributed by atoms with E-state index in [1.165, 1.54) is 0 Å². The zero-order valence-electron chi connectivity index (χ0n) is 15.5. The Labute approximate surface area is 150 Å². The molecular formula is C20H28O4S. The number of rotatable bonds is 5. The molecule has 4 nitrogen and oxygen atoms in total. The maximum atomic E-state index is 12.5. The summed E-state index contributed by atoms with van der Waals surface area (Å²) >= 11 is 0. The number of aliphatic hydroxyl groups excluding tert-OH is 1. The van der Waals surface area contributed by atoms with Gasteiger partial charge < -0.3 is 5.11 Å². The number of aryl methyl sites for hydroxylation is 1. The third kappa shape index (κ3) is 2.85. The minimum Gasteiger partial charge on any atom is -0.392 e. The number of aliphatic hydroxyl groups is 1. The first kappa shape index (κ1) is 18.6. The molecule has 138 valence electrons. The van der Waals surface area contributed by atoms with Crippen LogP contribution in [0.5, 0.6) is 0 Å². The Morgan fingerprint density at radius 1 is 1.20 bits per heavy atom. The van der Waals surface area contributed by atoms with Crippen LogP contribution in [-0.4, -0.2) is 31.2 Å². The van der Waals surface area contributed by atoms with Crippen LogP contribution in [0.4, 0.5) is 0 Å². The molecule has 1 aromatic carbocycles. The topological polar surface area (TPSA) is 71.4 Å². The maximum Gasteiger partial charge on any atom is 0.185 e. The van der Waals surface area contributed by atoms with Crippen molar-refractivity contribution in [3.63, 3.8) is 0 Å². The van der Waals surface area contributed by atoms with E-state index in [0.29, 0.717) is 0 Å². The van der Waals surface area contributed by atoms with Gasteiger partial charge in [-0.25, -0.2) is 8.42 Å². The van der Waals surface area contributed by atoms with Crippen LogP contribution < -0.4 is 0 Å². The lowest BCUT2D eigenvalue weighted by atomic mass is 9.70. The van der Waals surface area contributed by atoms with Crippen molar-refractivity contribution in [2.45, 2.75) is 58.0 Å². The Kier molecular flexibility index (Phi) is 4.40. The standard InChI is InChI=1S/C20H28O4S/c1-13-5-7-15(8-6-13)25(23,24)12-14(21)11-16-17-9-10-20(4,18(16)22)19(17,2)3/h5-8,16-18,22H,9-12H2,1-4H3. The van der Waals surface area contributed by atoms with Crippen LogP contribution in [0.3, 0.4) is 0 Å². The predicted molar refractivity (Wildman–Crippen MR) is 97.0 cm³/mol. The molecule has 1 aromatic rings. The predicted octanol–water partition coefficient (Wildman–Crippen LogP) is 3.16. The summed E-state index contributed by atoms with van der Waals surface area (Å²) in [5.41, 5.74) is 0.775. The highest BCUT2D eigenvalue weighted by molar-refractivity contribution is 7.92. The molecule has 0 spiro atoms. The Hall–Kier alpha value is -1.20. The summed E-state index contributed by atoms with van der Waals surface area (Å²) in [5, 5.41) is 10.8. The van der Waals surface area contributed by atoms with Crippen LogP contribution in [0.1, 0.15) is 45.6 Å². The molecule has 0 aromatic heterocycles. The molecule has 3 rings (SSSR count). The number of hydrogen-bond donors (Lipinski definition) is 1. The normalized spacial score (nSPS) is 33.6. The lowest BCUT2D eigenvalue weighted by Gasteiger charge is -2.37. The van der Waals surface area contributed by atoms with Gasteiger partial charge in [0.05, 0.1) is 11.0 Å². The molecule has 4 atom stereocenters. The number of hydrogen-bond acceptors (Lipinski definition) is 4. The Morgan fingerprint density at radius 2 is 1.80 bits per heavy atom. The molecule has 1 N–H and O–H groups in total. The fraction of sp³-hybridized carbons (Fsp3) is 0.650. The second-order valence-electron chi connectivity index (χ2n) is 8.71. The fourth-order valence-electron chi connectivity index (χ4n) is 5.15. The third-order valence-corrected chi connectivity index (χ3v) is 8.84. The van der Waals surface area contributed by atoms with E-state index in [1.807, 2.05) is 6.92 Å². The molecule has 25 heavy (non-hydrogen) atoms. The zero-order valence-corrected chi connectivity index (χ0v) is 16.3. The number of ketones is 1. The second kappa shape index (κ2) is 5.92. The van der Waals surface area contributed by atoms with E-state index in [-0.39, 0.29) is 39.8 Å². The van der Waals surface area contributed by atoms with Crippen LogP contribution >= 0.6 is 0 Å². The van der Waals surface area contributed by atoms with Crippen LogP contribution in [-0.2, 0) is 14.6 Å². The van der Waals surface area contributed by atoms with Crippen molar-refractivity contribution in [3.8, 4) is 0 Å². The Morgan fingerprint density at radius 3 is 2.32 bits per heavy atom. The largest absolute Gasteiger partial charge is 0.392 e. The smallest absolute Gasteiger partial charge is 0.185 e. The van der Waals surface area contributed by atoms with Crippen molar-refractivity contribution in [2.24, 2.45) is 22.7 Å². The van der Waals surface area contributed by atoms with Crippen molar-refractivity contribution in [3.05, 3.63) is 29.8 Å². The number of fused-ring (bicyclic) bond motifs is 2. The average molecular weight is 365 g/mol. The number of carbonyl (C=O) groups excluding carboxylic acids is 1. The van der Waals surface area contributed by atoms with Gasteiger partial charge >= 0.3 is 0 Å². The van der Waals surface area contributed by atoms with Crippen LogP contribution in [0.25, 0.3) is 0 Å². The lowest BCUT2D eigenvalue weighted by Crippen LogP contribution is -2.38. The molecule has 2 aliphatic carbocycles. The van der Waals surface area contributed by atoms with Gasteiger partial charge in [0, 0.05) is 6.42 Å². The molecule has 5 heteroatoms. The molecule has 2 bridgehead atoms. The van der Waals surface area contributed by atoms with Crippen molar-refractivity contribution in [1.82, 2.24) is 0 Å². The second-order valence-corrected chi connectivity index (χ2v) is 10.7. The number of Topliss-reactive ketones (excluding diaryl/α,β-unsaturated/α-hetero) is 1. The monoisotopic (exact) mass is 364 g/mol. The van der Waals surface area contributed by atoms with Gasteiger partial charge in [-0.1, -0.05) is 38.5 Å². The molecule has 0 saturated heterocycles. The highest BCUT2D eigenvalue weighted by atomic mass is 32.2. The first-order chi connectivity index (χ1) is 11.5. The SMILES string of the molecule is Cc1ccc(S(=O)(=O)CC(=O)CC2C3CCC(C)(C2O)C3(C)C)cc1. The molecule has 0 heterocycles. The molecule has 2 fully saturated rings. The molecule has 0 radical (unpaired) electrons. The summed E-state index contributed by atoms with van der Waals surface area (Å²) in [6, 6.07) is 6.57. The van der Waals surface area contributed by atoms with Gasteiger partial charge in [0.2, 0.25) is 0 Å². The number of carbonyl (C=O) groups is 1. The summed E-state index contributed by atoms with van der Waals surface area (Å²) in [6.45, 7) is 8.33. The maximum absolute atomic E-state index is 12.5. The summed E-state index contributed by atoms with van der Waals surface area (Å²) in [4.78, 5) is 12.7. The molecule has 2 saturated carbocycles. The van der Waals surface area contributed by atoms with Gasteiger partial charge in [-0.15, -0.1) is 0 Å². The van der Waals surface area contributed by atoms with Gasteiger partial charge in [-0.3, -0.25) is 4.79 Å². The fourth-order valence-corrected chi connectivity index (χ4v) is 6.41. The number of sulfone groups is 1. The molecule has 4 unspecified atom stereocenters. The Balaban J connectivity index is 1.72. The van der Waals surface area contributed by atoms with Gasteiger partial charge in [0.15, 0.2) is 9.84 Å². The lowest BCUT2D eigenvalue weighted by molar-refractivity contribution is -0.119. The van der Waals surface area contributed by atoms with Crippen molar-refractivity contribution >= 4 is 15.6 Å². The zero-order chi connectivity index (χ0) is 18.6. The highest BCUT2D eigenvalue weighted by Gasteiger charge is 2.65. The third-order valence-electron chi connectivity index (χ3n) is 7.14. The minimum absolute atomic E-state index is 0.0206. The highest BCUT2D eigenvalue weighted by Crippen LogP contribution is 2.68. The first-order valence-electron chi connectivity index (χ1n) is 8.98. The number of benzene rings is 1. The van der Waals surface area contributed by atoms with E-state index in [2.05, 4.69) is 20.8 Å². The first-order valence-corrected chi connectivity index (χ1v) is 10.6.